The first-order chi connectivity index (χ1) is 13.9. The highest BCUT2D eigenvalue weighted by atomic mass is 16.7. The van der Waals surface area contributed by atoms with Gasteiger partial charge in [-0.1, -0.05) is 40.5 Å². The van der Waals surface area contributed by atoms with Crippen molar-refractivity contribution in [1.82, 2.24) is 0 Å². The molecule has 6 fully saturated rings. The fraction of sp³-hybridized carbons (Fsp3) is 1.00. The minimum atomic E-state index is -0.250. The number of rotatable bonds is 0. The van der Waals surface area contributed by atoms with Gasteiger partial charge in [-0.3, -0.25) is 0 Å². The molecule has 0 amide bonds. The van der Waals surface area contributed by atoms with Gasteiger partial charge in [0.25, 0.3) is 0 Å². The molecule has 0 N–H and O–H groups in total. The molecule has 0 radical (unpaired) electrons. The van der Waals surface area contributed by atoms with Gasteiger partial charge < -0.3 is 9.47 Å². The Balaban J connectivity index is 1.27. The Morgan fingerprint density at radius 3 is 2.45 bits per heavy atom. The van der Waals surface area contributed by atoms with E-state index >= 15 is 0 Å². The molecule has 1 spiro atoms. The summed E-state index contributed by atoms with van der Waals surface area (Å²) in [6.45, 7) is 11.1. The summed E-state index contributed by atoms with van der Waals surface area (Å²) in [7, 11) is 0. The second-order valence-electron chi connectivity index (χ2n) is 12.9. The molecule has 0 aromatic carbocycles. The van der Waals surface area contributed by atoms with Gasteiger partial charge in [-0.05, 0) is 97.7 Å². The van der Waals surface area contributed by atoms with Crippen LogP contribution in [0.4, 0.5) is 0 Å². The average molecular weight is 401 g/mol. The summed E-state index contributed by atoms with van der Waals surface area (Å²) in [5, 5.41) is 0. The van der Waals surface area contributed by atoms with E-state index in [1.807, 2.05) is 0 Å². The standard InChI is InChI=1S/C27H44O2/c1-17-10-14-27(28-16-17)18(2)24-23(29-27)15-22-20-9-8-19-7-5-6-12-25(19,3)21(20)11-13-26(22,24)4/h17-24H,5-16H2,1-4H3/t17?,18-,19-,20?,21-,22-,23-,24?,25-,26-,27+/m0/s1. The van der Waals surface area contributed by atoms with Crippen LogP contribution in [0.1, 0.15) is 98.3 Å². The van der Waals surface area contributed by atoms with E-state index in [9.17, 15) is 0 Å². The Bertz CT molecular complexity index is 651. The van der Waals surface area contributed by atoms with Crippen molar-refractivity contribution in [1.29, 1.82) is 0 Å². The quantitative estimate of drug-likeness (QED) is 0.444. The third-order valence-corrected chi connectivity index (χ3v) is 11.9. The van der Waals surface area contributed by atoms with Crippen molar-refractivity contribution in [2.75, 3.05) is 6.61 Å². The largest absolute Gasteiger partial charge is 0.349 e. The summed E-state index contributed by atoms with van der Waals surface area (Å²) in [5.41, 5.74) is 1.13. The highest BCUT2D eigenvalue weighted by molar-refractivity contribution is 5.15. The van der Waals surface area contributed by atoms with Gasteiger partial charge in [0, 0.05) is 12.3 Å². The number of fused-ring (bicyclic) bond motifs is 7. The molecule has 0 aromatic heterocycles. The number of hydrogen-bond acceptors (Lipinski definition) is 2. The molecular weight excluding hydrogens is 356 g/mol. The topological polar surface area (TPSA) is 18.5 Å². The highest BCUT2D eigenvalue weighted by Crippen LogP contribution is 2.71. The lowest BCUT2D eigenvalue weighted by Gasteiger charge is -2.61. The van der Waals surface area contributed by atoms with Gasteiger partial charge >= 0.3 is 0 Å². The number of ether oxygens (including phenoxy) is 2. The fourth-order valence-electron chi connectivity index (χ4n) is 10.3. The minimum absolute atomic E-state index is 0.250. The molecule has 11 atom stereocenters. The summed E-state index contributed by atoms with van der Waals surface area (Å²) in [6.07, 6.45) is 16.2. The van der Waals surface area contributed by atoms with E-state index in [4.69, 9.17) is 9.47 Å². The third-order valence-electron chi connectivity index (χ3n) is 11.9. The van der Waals surface area contributed by atoms with Gasteiger partial charge in [-0.25, -0.2) is 0 Å². The van der Waals surface area contributed by atoms with E-state index in [1.165, 1.54) is 64.2 Å². The van der Waals surface area contributed by atoms with Crippen LogP contribution in [0.3, 0.4) is 0 Å². The third kappa shape index (κ3) is 2.54. The van der Waals surface area contributed by atoms with Crippen LogP contribution in [0, 0.1) is 52.3 Å². The minimum Gasteiger partial charge on any atom is -0.349 e. The van der Waals surface area contributed by atoms with E-state index in [0.717, 1.165) is 42.6 Å². The molecule has 3 unspecified atom stereocenters. The van der Waals surface area contributed by atoms with Crippen molar-refractivity contribution >= 4 is 0 Å². The van der Waals surface area contributed by atoms with Crippen LogP contribution < -0.4 is 0 Å². The van der Waals surface area contributed by atoms with Gasteiger partial charge in [0.2, 0.25) is 0 Å². The summed E-state index contributed by atoms with van der Waals surface area (Å²) in [6, 6.07) is 0. The van der Waals surface area contributed by atoms with Crippen LogP contribution in [-0.2, 0) is 9.47 Å². The first-order valence-corrected chi connectivity index (χ1v) is 13.2. The first kappa shape index (κ1) is 19.6. The van der Waals surface area contributed by atoms with Crippen LogP contribution in [0.15, 0.2) is 0 Å². The Labute approximate surface area is 178 Å². The average Bonchev–Trinajstić information content (AvgIpc) is 3.15. The van der Waals surface area contributed by atoms with Gasteiger partial charge in [-0.15, -0.1) is 0 Å². The van der Waals surface area contributed by atoms with Crippen LogP contribution in [0.25, 0.3) is 0 Å². The van der Waals surface area contributed by atoms with E-state index in [0.29, 0.717) is 28.8 Å². The van der Waals surface area contributed by atoms with Gasteiger partial charge in [0.1, 0.15) is 0 Å². The van der Waals surface area contributed by atoms with Gasteiger partial charge in [-0.2, -0.15) is 0 Å². The van der Waals surface area contributed by atoms with E-state index in [1.54, 1.807) is 0 Å². The van der Waals surface area contributed by atoms with E-state index < -0.39 is 0 Å². The summed E-state index contributed by atoms with van der Waals surface area (Å²) < 4.78 is 13.4. The van der Waals surface area contributed by atoms with Crippen molar-refractivity contribution in [2.45, 2.75) is 110 Å². The van der Waals surface area contributed by atoms with Crippen molar-refractivity contribution < 1.29 is 9.47 Å². The molecule has 0 aromatic rings. The molecule has 2 aliphatic heterocycles. The fourth-order valence-corrected chi connectivity index (χ4v) is 10.3. The molecule has 0 bridgehead atoms. The zero-order chi connectivity index (χ0) is 20.0. The predicted octanol–water partition coefficient (Wildman–Crippen LogP) is 6.82. The van der Waals surface area contributed by atoms with Crippen LogP contribution in [0.2, 0.25) is 0 Å². The van der Waals surface area contributed by atoms with Crippen molar-refractivity contribution in [2.24, 2.45) is 52.3 Å². The maximum Gasteiger partial charge on any atom is 0.171 e. The second-order valence-corrected chi connectivity index (χ2v) is 12.9. The molecule has 2 heteroatoms. The lowest BCUT2D eigenvalue weighted by molar-refractivity contribution is -0.273. The van der Waals surface area contributed by atoms with E-state index in [2.05, 4.69) is 27.7 Å². The van der Waals surface area contributed by atoms with Crippen molar-refractivity contribution in [3.8, 4) is 0 Å². The zero-order valence-electron chi connectivity index (χ0n) is 19.4. The zero-order valence-corrected chi connectivity index (χ0v) is 19.4. The molecule has 2 heterocycles. The molecule has 164 valence electrons. The Kier molecular flexibility index (Phi) is 4.37. The predicted molar refractivity (Wildman–Crippen MR) is 116 cm³/mol. The Hall–Kier alpha value is -0.0800. The lowest BCUT2D eigenvalue weighted by Crippen LogP contribution is -2.54. The summed E-state index contributed by atoms with van der Waals surface area (Å²) in [5.74, 6) is 5.62. The van der Waals surface area contributed by atoms with Gasteiger partial charge in [0.15, 0.2) is 5.79 Å². The van der Waals surface area contributed by atoms with Crippen molar-refractivity contribution in [3.63, 3.8) is 0 Å². The van der Waals surface area contributed by atoms with Crippen LogP contribution >= 0.6 is 0 Å². The summed E-state index contributed by atoms with van der Waals surface area (Å²) >= 11 is 0. The molecule has 6 aliphatic rings. The lowest BCUT2D eigenvalue weighted by atomic mass is 9.44. The Morgan fingerprint density at radius 2 is 1.66 bits per heavy atom. The van der Waals surface area contributed by atoms with Crippen molar-refractivity contribution in [3.05, 3.63) is 0 Å². The first-order valence-electron chi connectivity index (χ1n) is 13.2. The monoisotopic (exact) mass is 400 g/mol. The summed E-state index contributed by atoms with van der Waals surface area (Å²) in [4.78, 5) is 0. The maximum absolute atomic E-state index is 6.92. The van der Waals surface area contributed by atoms with Gasteiger partial charge in [0.05, 0.1) is 12.7 Å². The second kappa shape index (κ2) is 6.47. The molecule has 6 rings (SSSR count). The number of hydrogen-bond donors (Lipinski definition) is 0. The Morgan fingerprint density at radius 1 is 0.793 bits per heavy atom. The van der Waals surface area contributed by atoms with Crippen LogP contribution in [0.5, 0.6) is 0 Å². The molecule has 4 aliphatic carbocycles. The molecule has 2 nitrogen and oxygen atoms in total. The van der Waals surface area contributed by atoms with E-state index in [-0.39, 0.29) is 5.79 Å². The smallest absolute Gasteiger partial charge is 0.171 e. The highest BCUT2D eigenvalue weighted by Gasteiger charge is 2.68. The normalized spacial score (nSPS) is 61.7. The maximum atomic E-state index is 6.92. The van der Waals surface area contributed by atoms with Crippen LogP contribution in [-0.4, -0.2) is 18.5 Å². The molecule has 4 saturated carbocycles. The molecule has 2 saturated heterocycles. The molecular formula is C27H44O2. The molecule has 29 heavy (non-hydrogen) atoms. The SMILES string of the molecule is CC1CC[C@@]2(OC1)O[C@H]1C[C@H]3C4CC[C@@H]5CCCC[C@]5(C)[C@H]4CC[C@]3(C)C1[C@@H]2C.